The first-order valence-electron chi connectivity index (χ1n) is 7.84. The van der Waals surface area contributed by atoms with Crippen molar-refractivity contribution >= 4 is 23.0 Å². The number of rotatable bonds is 3. The van der Waals surface area contributed by atoms with Crippen molar-refractivity contribution in [3.8, 4) is 0 Å². The molecule has 26 heavy (non-hydrogen) atoms. The molecule has 0 fully saturated rings. The number of anilines is 2. The lowest BCUT2D eigenvalue weighted by Gasteiger charge is -2.19. The maximum atomic E-state index is 13.5. The number of hydrogen-bond donors (Lipinski definition) is 2. The van der Waals surface area contributed by atoms with E-state index in [4.69, 9.17) is 0 Å². The van der Waals surface area contributed by atoms with Crippen LogP contribution in [0.2, 0.25) is 0 Å². The minimum Gasteiger partial charge on any atom is -0.355 e. The summed E-state index contributed by atoms with van der Waals surface area (Å²) < 4.78 is 51.8. The second-order valence-corrected chi connectivity index (χ2v) is 6.07. The zero-order valence-electron chi connectivity index (χ0n) is 13.7. The number of hydrogen-bond acceptors (Lipinski definition) is 3. The molecule has 0 bridgehead atoms. The van der Waals surface area contributed by atoms with Gasteiger partial charge in [-0.15, -0.1) is 0 Å². The van der Waals surface area contributed by atoms with Crippen LogP contribution in [0.3, 0.4) is 0 Å². The van der Waals surface area contributed by atoms with Crippen LogP contribution in [0, 0.1) is 11.7 Å². The summed E-state index contributed by atoms with van der Waals surface area (Å²) in [5.41, 5.74) is 3.38. The van der Waals surface area contributed by atoms with E-state index in [1.165, 1.54) is 0 Å². The van der Waals surface area contributed by atoms with E-state index in [-0.39, 0.29) is 17.5 Å². The van der Waals surface area contributed by atoms with Gasteiger partial charge in [0.25, 0.3) is 0 Å². The van der Waals surface area contributed by atoms with Crippen molar-refractivity contribution in [1.29, 1.82) is 0 Å². The lowest BCUT2D eigenvalue weighted by atomic mass is 9.94. The number of carbonyl (C=O) groups excluding carboxylic acids is 1. The summed E-state index contributed by atoms with van der Waals surface area (Å²) in [4.78, 5) is 11.3. The lowest BCUT2D eigenvalue weighted by Crippen LogP contribution is -2.31. The van der Waals surface area contributed by atoms with Crippen LogP contribution in [0.1, 0.15) is 24.5 Å². The molecule has 0 radical (unpaired) electrons. The van der Waals surface area contributed by atoms with Gasteiger partial charge in [-0.1, -0.05) is 19.1 Å². The first kappa shape index (κ1) is 17.9. The smallest absolute Gasteiger partial charge is 0.355 e. The highest BCUT2D eigenvalue weighted by Gasteiger charge is 2.31. The zero-order valence-corrected chi connectivity index (χ0v) is 13.7. The fourth-order valence-electron chi connectivity index (χ4n) is 2.72. The molecule has 0 aliphatic carbocycles. The van der Waals surface area contributed by atoms with E-state index in [1.54, 1.807) is 24.3 Å². The summed E-state index contributed by atoms with van der Waals surface area (Å²) in [5.74, 6) is -1.16. The van der Waals surface area contributed by atoms with Crippen molar-refractivity contribution < 1.29 is 22.4 Å². The Kier molecular flexibility index (Phi) is 4.67. The Morgan fingerprint density at radius 3 is 2.42 bits per heavy atom. The minimum absolute atomic E-state index is 0.000661. The topological polar surface area (TPSA) is 53.5 Å². The van der Waals surface area contributed by atoms with Gasteiger partial charge in [-0.05, 0) is 35.9 Å². The molecule has 0 aromatic heterocycles. The number of nitrogens with zero attached hydrogens (tertiary/aromatic N) is 1. The van der Waals surface area contributed by atoms with E-state index in [1.807, 2.05) is 6.92 Å². The van der Waals surface area contributed by atoms with Gasteiger partial charge >= 0.3 is 6.18 Å². The molecule has 0 spiro atoms. The maximum Gasteiger partial charge on any atom is 0.416 e. The highest BCUT2D eigenvalue weighted by atomic mass is 19.4. The average molecular weight is 365 g/mol. The molecular formula is C18H15F4N3O. The Morgan fingerprint density at radius 1 is 1.12 bits per heavy atom. The molecule has 4 nitrogen and oxygen atoms in total. The Bertz CT molecular complexity index is 860. The molecule has 1 aliphatic heterocycles. The molecule has 1 amide bonds. The van der Waals surface area contributed by atoms with E-state index in [0.29, 0.717) is 18.2 Å². The van der Waals surface area contributed by atoms with Crippen molar-refractivity contribution in [3.05, 3.63) is 59.4 Å². The summed E-state index contributed by atoms with van der Waals surface area (Å²) in [6, 6.07) is 9.06. The van der Waals surface area contributed by atoms with Gasteiger partial charge in [0, 0.05) is 23.7 Å². The number of amides is 1. The Morgan fingerprint density at radius 2 is 1.81 bits per heavy atom. The Hall–Kier alpha value is -2.90. The van der Waals surface area contributed by atoms with Crippen LogP contribution < -0.4 is 10.7 Å². The number of benzene rings is 2. The molecule has 0 saturated carbocycles. The molecule has 0 saturated heterocycles. The highest BCUT2D eigenvalue weighted by Crippen LogP contribution is 2.32. The summed E-state index contributed by atoms with van der Waals surface area (Å²) in [6.07, 6.45) is -4.29. The van der Waals surface area contributed by atoms with Crippen LogP contribution >= 0.6 is 0 Å². The van der Waals surface area contributed by atoms with E-state index in [2.05, 4.69) is 15.8 Å². The molecular weight excluding hydrogens is 350 g/mol. The molecule has 2 N–H and O–H groups in total. The molecule has 2 aromatic rings. The van der Waals surface area contributed by atoms with Gasteiger partial charge in [-0.25, -0.2) is 9.82 Å². The summed E-state index contributed by atoms with van der Waals surface area (Å²) in [7, 11) is 0. The van der Waals surface area contributed by atoms with Gasteiger partial charge < -0.3 is 5.32 Å². The second kappa shape index (κ2) is 6.78. The molecule has 3 rings (SSSR count). The van der Waals surface area contributed by atoms with Gasteiger partial charge in [0.05, 0.1) is 11.3 Å². The SMILES string of the molecule is CC1CC(=O)NN=C1c1ccc(Nc2cc(F)cc(C(F)(F)F)c2)cc1. The quantitative estimate of drug-likeness (QED) is 0.790. The number of carbonyl (C=O) groups is 1. The highest BCUT2D eigenvalue weighted by molar-refractivity contribution is 6.05. The minimum atomic E-state index is -4.62. The zero-order chi connectivity index (χ0) is 18.9. The second-order valence-electron chi connectivity index (χ2n) is 6.07. The predicted molar refractivity (Wildman–Crippen MR) is 89.6 cm³/mol. The van der Waals surface area contributed by atoms with Crippen LogP contribution in [-0.2, 0) is 11.0 Å². The van der Waals surface area contributed by atoms with Gasteiger partial charge in [-0.2, -0.15) is 18.3 Å². The van der Waals surface area contributed by atoms with Crippen LogP contribution in [0.25, 0.3) is 0 Å². The van der Waals surface area contributed by atoms with Crippen LogP contribution in [0.5, 0.6) is 0 Å². The normalized spacial score (nSPS) is 17.5. The molecule has 1 heterocycles. The van der Waals surface area contributed by atoms with Gasteiger partial charge in [0.1, 0.15) is 5.82 Å². The largest absolute Gasteiger partial charge is 0.416 e. The third kappa shape index (κ3) is 4.01. The Labute approximate surface area is 146 Å². The first-order valence-corrected chi connectivity index (χ1v) is 7.84. The Balaban J connectivity index is 1.80. The fraction of sp³-hybridized carbons (Fsp3) is 0.222. The third-order valence-electron chi connectivity index (χ3n) is 3.95. The van der Waals surface area contributed by atoms with Crippen molar-refractivity contribution in [2.45, 2.75) is 19.5 Å². The molecule has 8 heteroatoms. The van der Waals surface area contributed by atoms with Crippen LogP contribution in [-0.4, -0.2) is 11.6 Å². The average Bonchev–Trinajstić information content (AvgIpc) is 2.54. The summed E-state index contributed by atoms with van der Waals surface area (Å²) >= 11 is 0. The first-order chi connectivity index (χ1) is 12.2. The monoisotopic (exact) mass is 365 g/mol. The van der Waals surface area contributed by atoms with E-state index in [0.717, 1.165) is 23.4 Å². The van der Waals surface area contributed by atoms with Crippen molar-refractivity contribution in [2.24, 2.45) is 11.0 Å². The van der Waals surface area contributed by atoms with Crippen molar-refractivity contribution in [2.75, 3.05) is 5.32 Å². The van der Waals surface area contributed by atoms with E-state index >= 15 is 0 Å². The fourth-order valence-corrected chi connectivity index (χ4v) is 2.72. The van der Waals surface area contributed by atoms with Crippen molar-refractivity contribution in [3.63, 3.8) is 0 Å². The standard InChI is InChI=1S/C18H15F4N3O/c1-10-6-16(26)24-25-17(10)11-2-4-14(5-3-11)23-15-8-12(18(20,21)22)7-13(19)9-15/h2-5,7-10,23H,6H2,1H3,(H,24,26). The molecule has 2 aromatic carbocycles. The lowest BCUT2D eigenvalue weighted by molar-refractivity contribution is -0.137. The molecule has 1 atom stereocenters. The maximum absolute atomic E-state index is 13.5. The van der Waals surface area contributed by atoms with Crippen LogP contribution in [0.15, 0.2) is 47.6 Å². The summed E-state index contributed by atoms with van der Waals surface area (Å²) in [6.45, 7) is 1.88. The predicted octanol–water partition coefficient (Wildman–Crippen LogP) is 4.45. The molecule has 136 valence electrons. The van der Waals surface area contributed by atoms with Gasteiger partial charge in [-0.3, -0.25) is 4.79 Å². The van der Waals surface area contributed by atoms with E-state index in [9.17, 15) is 22.4 Å². The van der Waals surface area contributed by atoms with E-state index < -0.39 is 17.6 Å². The van der Waals surface area contributed by atoms with Crippen molar-refractivity contribution in [1.82, 2.24) is 5.43 Å². The molecule has 1 unspecified atom stereocenters. The van der Waals surface area contributed by atoms with Gasteiger partial charge in [0.15, 0.2) is 0 Å². The third-order valence-corrected chi connectivity index (χ3v) is 3.95. The van der Waals surface area contributed by atoms with Gasteiger partial charge in [0.2, 0.25) is 5.91 Å². The molecule has 1 aliphatic rings. The number of nitrogens with one attached hydrogen (secondary N) is 2. The number of halogens is 4. The summed E-state index contributed by atoms with van der Waals surface area (Å²) in [5, 5.41) is 6.80. The number of hydrazone groups is 1. The van der Waals surface area contributed by atoms with Crippen LogP contribution in [0.4, 0.5) is 28.9 Å². The number of alkyl halides is 3.